The van der Waals surface area contributed by atoms with Crippen molar-refractivity contribution in [1.82, 2.24) is 20.1 Å². The van der Waals surface area contributed by atoms with Gasteiger partial charge in [0.15, 0.2) is 12.6 Å². The van der Waals surface area contributed by atoms with Gasteiger partial charge in [-0.05, 0) is 43.7 Å². The number of aromatic nitrogens is 1. The second-order valence-electron chi connectivity index (χ2n) is 6.53. The minimum Gasteiger partial charge on any atom is -0.484 e. The van der Waals surface area contributed by atoms with Gasteiger partial charge in [0.25, 0.3) is 5.91 Å². The lowest BCUT2D eigenvalue weighted by Gasteiger charge is -2.22. The number of hydrogen-bond donors (Lipinski definition) is 2. The van der Waals surface area contributed by atoms with E-state index in [1.165, 1.54) is 5.69 Å². The lowest BCUT2D eigenvalue weighted by molar-refractivity contribution is -0.122. The molecule has 2 aromatic rings. The maximum absolute atomic E-state index is 11.5. The second kappa shape index (κ2) is 13.1. The van der Waals surface area contributed by atoms with Crippen LogP contribution in [0, 0.1) is 0 Å². The molecule has 2 N–H and O–H groups in total. The average Bonchev–Trinajstić information content (AvgIpc) is 3.08. The van der Waals surface area contributed by atoms with Gasteiger partial charge in [-0.1, -0.05) is 12.1 Å². The highest BCUT2D eigenvalue weighted by Crippen LogP contribution is 2.14. The van der Waals surface area contributed by atoms with Crippen molar-refractivity contribution in [3.05, 3.63) is 53.9 Å². The summed E-state index contributed by atoms with van der Waals surface area (Å²) in [5.41, 5.74) is 2.24. The van der Waals surface area contributed by atoms with Crippen LogP contribution in [0.3, 0.4) is 0 Å². The first-order valence-electron chi connectivity index (χ1n) is 9.61. The fourth-order valence-electron chi connectivity index (χ4n) is 2.75. The minimum absolute atomic E-state index is 0. The van der Waals surface area contributed by atoms with Crippen molar-refractivity contribution in [2.24, 2.45) is 12.0 Å². The molecule has 160 valence electrons. The molecular weight excluding hydrogens is 481 g/mol. The smallest absolute Gasteiger partial charge is 0.257 e. The van der Waals surface area contributed by atoms with E-state index >= 15 is 0 Å². The number of benzene rings is 1. The molecule has 7 nitrogen and oxygen atoms in total. The number of nitrogens with one attached hydrogen (secondary N) is 2. The van der Waals surface area contributed by atoms with E-state index in [4.69, 9.17) is 9.73 Å². The van der Waals surface area contributed by atoms with Crippen molar-refractivity contribution in [3.63, 3.8) is 0 Å². The number of nitrogens with zero attached hydrogens (tertiary/aromatic N) is 3. The van der Waals surface area contributed by atoms with E-state index in [2.05, 4.69) is 33.1 Å². The molecule has 0 radical (unpaired) electrons. The van der Waals surface area contributed by atoms with Crippen molar-refractivity contribution < 1.29 is 9.53 Å². The number of amides is 1. The molecule has 0 saturated heterocycles. The Hall–Kier alpha value is -2.23. The van der Waals surface area contributed by atoms with Crippen molar-refractivity contribution in [1.29, 1.82) is 0 Å². The number of likely N-dealkylation sites (N-methyl/N-ethyl adjacent to an activating group) is 1. The van der Waals surface area contributed by atoms with Gasteiger partial charge in [0, 0.05) is 39.1 Å². The Bertz CT molecular complexity index is 791. The Kier molecular flexibility index (Phi) is 11.2. The van der Waals surface area contributed by atoms with E-state index in [1.807, 2.05) is 57.5 Å². The molecule has 8 heteroatoms. The van der Waals surface area contributed by atoms with Crippen LogP contribution in [0.4, 0.5) is 0 Å². The van der Waals surface area contributed by atoms with E-state index in [0.717, 1.165) is 24.6 Å². The minimum atomic E-state index is -0.123. The zero-order valence-corrected chi connectivity index (χ0v) is 20.0. The van der Waals surface area contributed by atoms with Crippen molar-refractivity contribution >= 4 is 35.8 Å². The van der Waals surface area contributed by atoms with Gasteiger partial charge in [0.05, 0.1) is 13.1 Å². The average molecular weight is 513 g/mol. The SMILES string of the molecule is CCNC(=O)COc1cccc(CN=C(NCC)N(C)Cc2cccn2C)c1.I. The zero-order chi connectivity index (χ0) is 20.4. The van der Waals surface area contributed by atoms with Gasteiger partial charge < -0.3 is 24.8 Å². The largest absolute Gasteiger partial charge is 0.484 e. The lowest BCUT2D eigenvalue weighted by Crippen LogP contribution is -2.38. The molecule has 0 unspecified atom stereocenters. The van der Waals surface area contributed by atoms with Crippen LogP contribution in [-0.4, -0.2) is 48.1 Å². The fourth-order valence-corrected chi connectivity index (χ4v) is 2.75. The number of hydrogen-bond acceptors (Lipinski definition) is 3. The van der Waals surface area contributed by atoms with Crippen LogP contribution >= 0.6 is 24.0 Å². The number of halogens is 1. The number of guanidine groups is 1. The summed E-state index contributed by atoms with van der Waals surface area (Å²) in [5, 5.41) is 6.05. The van der Waals surface area contributed by atoms with Crippen LogP contribution in [-0.2, 0) is 24.9 Å². The van der Waals surface area contributed by atoms with E-state index in [-0.39, 0.29) is 36.5 Å². The van der Waals surface area contributed by atoms with Crippen LogP contribution in [0.2, 0.25) is 0 Å². The molecule has 1 amide bonds. The molecule has 0 fully saturated rings. The van der Waals surface area contributed by atoms with Crippen LogP contribution in [0.15, 0.2) is 47.6 Å². The number of carbonyl (C=O) groups is 1. The van der Waals surface area contributed by atoms with E-state index in [0.29, 0.717) is 18.8 Å². The number of rotatable bonds is 9. The normalized spacial score (nSPS) is 10.8. The predicted molar refractivity (Wildman–Crippen MR) is 128 cm³/mol. The topological polar surface area (TPSA) is 70.9 Å². The molecule has 2 rings (SSSR count). The van der Waals surface area contributed by atoms with Crippen LogP contribution in [0.5, 0.6) is 5.75 Å². The first-order valence-corrected chi connectivity index (χ1v) is 9.61. The van der Waals surface area contributed by atoms with Gasteiger partial charge in [0.1, 0.15) is 5.75 Å². The molecule has 1 heterocycles. The van der Waals surface area contributed by atoms with Gasteiger partial charge in [-0.2, -0.15) is 0 Å². The lowest BCUT2D eigenvalue weighted by atomic mass is 10.2. The van der Waals surface area contributed by atoms with Gasteiger partial charge in [-0.15, -0.1) is 24.0 Å². The van der Waals surface area contributed by atoms with Gasteiger partial charge in [0.2, 0.25) is 0 Å². The summed E-state index contributed by atoms with van der Waals surface area (Å²) < 4.78 is 7.66. The van der Waals surface area contributed by atoms with E-state index in [9.17, 15) is 4.79 Å². The number of carbonyl (C=O) groups excluding carboxylic acids is 1. The summed E-state index contributed by atoms with van der Waals surface area (Å²) >= 11 is 0. The monoisotopic (exact) mass is 513 g/mol. The molecule has 1 aromatic heterocycles. The first-order chi connectivity index (χ1) is 13.5. The van der Waals surface area contributed by atoms with Crippen molar-refractivity contribution in [3.8, 4) is 5.75 Å². The van der Waals surface area contributed by atoms with Crippen LogP contribution in [0.25, 0.3) is 0 Å². The second-order valence-corrected chi connectivity index (χ2v) is 6.53. The predicted octanol–water partition coefficient (Wildman–Crippen LogP) is 2.76. The van der Waals surface area contributed by atoms with Crippen LogP contribution in [0.1, 0.15) is 25.1 Å². The Balaban J connectivity index is 0.00000420. The molecule has 0 aliphatic rings. The molecule has 29 heavy (non-hydrogen) atoms. The zero-order valence-electron chi connectivity index (χ0n) is 17.6. The van der Waals surface area contributed by atoms with Gasteiger partial charge in [-0.25, -0.2) is 4.99 Å². The van der Waals surface area contributed by atoms with E-state index < -0.39 is 0 Å². The molecule has 1 aromatic carbocycles. The Morgan fingerprint density at radius 2 is 1.93 bits per heavy atom. The molecular formula is C21H32IN5O2. The highest BCUT2D eigenvalue weighted by atomic mass is 127. The molecule has 0 saturated carbocycles. The summed E-state index contributed by atoms with van der Waals surface area (Å²) in [7, 11) is 4.07. The van der Waals surface area contributed by atoms with E-state index in [1.54, 1.807) is 0 Å². The summed E-state index contributed by atoms with van der Waals surface area (Å²) in [6.45, 7) is 6.65. The third-order valence-electron chi connectivity index (χ3n) is 4.20. The summed E-state index contributed by atoms with van der Waals surface area (Å²) in [5.74, 6) is 1.39. The first kappa shape index (κ1) is 24.8. The third-order valence-corrected chi connectivity index (χ3v) is 4.20. The Labute approximate surface area is 190 Å². The highest BCUT2D eigenvalue weighted by molar-refractivity contribution is 14.0. The molecule has 0 bridgehead atoms. The van der Waals surface area contributed by atoms with Crippen LogP contribution < -0.4 is 15.4 Å². The highest BCUT2D eigenvalue weighted by Gasteiger charge is 2.08. The molecule has 0 spiro atoms. The molecule has 0 atom stereocenters. The fraction of sp³-hybridized carbons (Fsp3) is 0.429. The Morgan fingerprint density at radius 3 is 2.59 bits per heavy atom. The third kappa shape index (κ3) is 8.35. The summed E-state index contributed by atoms with van der Waals surface area (Å²) in [4.78, 5) is 18.4. The van der Waals surface area contributed by atoms with Crippen molar-refractivity contribution in [2.75, 3.05) is 26.7 Å². The maximum Gasteiger partial charge on any atom is 0.257 e. The van der Waals surface area contributed by atoms with Crippen molar-refractivity contribution in [2.45, 2.75) is 26.9 Å². The summed E-state index contributed by atoms with van der Waals surface area (Å²) in [6.07, 6.45) is 2.04. The molecule has 0 aliphatic carbocycles. The Morgan fingerprint density at radius 1 is 1.17 bits per heavy atom. The number of aryl methyl sites for hydroxylation is 1. The van der Waals surface area contributed by atoms with Gasteiger partial charge in [-0.3, -0.25) is 4.79 Å². The number of ether oxygens (including phenoxy) is 1. The quantitative estimate of drug-likeness (QED) is 0.308. The standard InChI is InChI=1S/C21H31N5O2.HI/c1-5-22-20(27)16-28-19-11-7-9-17(13-19)14-24-21(23-6-2)26(4)15-18-10-8-12-25(18)3;/h7-13H,5-6,14-16H2,1-4H3,(H,22,27)(H,23,24);1H. The summed E-state index contributed by atoms with van der Waals surface area (Å²) in [6, 6.07) is 11.8. The molecule has 0 aliphatic heterocycles. The number of aliphatic imine (C=N–C) groups is 1. The maximum atomic E-state index is 11.5. The van der Waals surface area contributed by atoms with Gasteiger partial charge >= 0.3 is 0 Å².